The summed E-state index contributed by atoms with van der Waals surface area (Å²) in [6.07, 6.45) is 10.3. The third-order valence-corrected chi connectivity index (χ3v) is 5.54. The van der Waals surface area contributed by atoms with Crippen LogP contribution < -0.4 is 10.6 Å². The van der Waals surface area contributed by atoms with Gasteiger partial charge in [0.2, 0.25) is 0 Å². The van der Waals surface area contributed by atoms with E-state index in [0.717, 1.165) is 57.8 Å². The van der Waals surface area contributed by atoms with Crippen molar-refractivity contribution in [3.63, 3.8) is 0 Å². The van der Waals surface area contributed by atoms with Crippen LogP contribution in [0, 0.1) is 5.41 Å². The first-order chi connectivity index (χ1) is 11.1. The number of hydrogen-bond donors (Lipinski definition) is 3. The Labute approximate surface area is 141 Å². The van der Waals surface area contributed by atoms with E-state index in [4.69, 9.17) is 9.73 Å². The molecule has 0 aromatic heterocycles. The van der Waals surface area contributed by atoms with Gasteiger partial charge in [0.15, 0.2) is 5.96 Å². The van der Waals surface area contributed by atoms with Gasteiger partial charge in [-0.1, -0.05) is 25.7 Å². The van der Waals surface area contributed by atoms with Crippen molar-refractivity contribution < 1.29 is 9.84 Å². The Morgan fingerprint density at radius 3 is 2.35 bits per heavy atom. The molecule has 0 unspecified atom stereocenters. The largest absolute Gasteiger partial charge is 0.388 e. The lowest BCUT2D eigenvalue weighted by molar-refractivity contribution is 0.0521. The molecular formula is C18H35N3O2. The first kappa shape index (κ1) is 18.5. The second-order valence-electron chi connectivity index (χ2n) is 7.43. The fourth-order valence-corrected chi connectivity index (χ4v) is 3.98. The van der Waals surface area contributed by atoms with Crippen LogP contribution in [0.25, 0.3) is 0 Å². The van der Waals surface area contributed by atoms with Crippen LogP contribution in [-0.2, 0) is 4.74 Å². The molecule has 5 nitrogen and oxygen atoms in total. The Bertz CT molecular complexity index is 372. The second kappa shape index (κ2) is 8.88. The maximum Gasteiger partial charge on any atom is 0.191 e. The van der Waals surface area contributed by atoms with Gasteiger partial charge in [0.1, 0.15) is 0 Å². The van der Waals surface area contributed by atoms with Gasteiger partial charge in [-0.2, -0.15) is 0 Å². The van der Waals surface area contributed by atoms with Gasteiger partial charge < -0.3 is 20.5 Å². The molecule has 0 heterocycles. The number of aliphatic imine (C=N–C) groups is 1. The summed E-state index contributed by atoms with van der Waals surface area (Å²) >= 11 is 0. The summed E-state index contributed by atoms with van der Waals surface area (Å²) in [7, 11) is 1.78. The van der Waals surface area contributed by atoms with Gasteiger partial charge in [-0.05, 0) is 44.4 Å². The minimum Gasteiger partial charge on any atom is -0.388 e. The highest BCUT2D eigenvalue weighted by Crippen LogP contribution is 2.41. The quantitative estimate of drug-likeness (QED) is 0.474. The van der Waals surface area contributed by atoms with Gasteiger partial charge in [0, 0.05) is 33.4 Å². The van der Waals surface area contributed by atoms with E-state index in [0.29, 0.717) is 12.0 Å². The first-order valence-electron chi connectivity index (χ1n) is 9.35. The van der Waals surface area contributed by atoms with Gasteiger partial charge >= 0.3 is 0 Å². The van der Waals surface area contributed by atoms with Crippen LogP contribution in [0.15, 0.2) is 4.99 Å². The zero-order valence-corrected chi connectivity index (χ0v) is 15.0. The van der Waals surface area contributed by atoms with E-state index in [1.807, 2.05) is 0 Å². The lowest BCUT2D eigenvalue weighted by atomic mass is 9.83. The van der Waals surface area contributed by atoms with E-state index in [9.17, 15) is 5.11 Å². The summed E-state index contributed by atoms with van der Waals surface area (Å²) in [6.45, 7) is 5.19. The lowest BCUT2D eigenvalue weighted by Crippen LogP contribution is -2.46. The van der Waals surface area contributed by atoms with Gasteiger partial charge in [0.25, 0.3) is 0 Å². The van der Waals surface area contributed by atoms with Crippen LogP contribution in [0.2, 0.25) is 0 Å². The number of aliphatic hydroxyl groups is 1. The van der Waals surface area contributed by atoms with E-state index >= 15 is 0 Å². The van der Waals surface area contributed by atoms with Crippen LogP contribution in [0.1, 0.15) is 64.7 Å². The molecule has 0 amide bonds. The Morgan fingerprint density at radius 2 is 1.74 bits per heavy atom. The molecular weight excluding hydrogens is 290 g/mol. The molecule has 0 atom stereocenters. The van der Waals surface area contributed by atoms with Crippen LogP contribution in [0.5, 0.6) is 0 Å². The highest BCUT2D eigenvalue weighted by molar-refractivity contribution is 5.79. The highest BCUT2D eigenvalue weighted by atomic mass is 16.5. The van der Waals surface area contributed by atoms with Crippen molar-refractivity contribution in [2.24, 2.45) is 10.4 Å². The molecule has 23 heavy (non-hydrogen) atoms. The number of hydrogen-bond acceptors (Lipinski definition) is 3. The molecule has 2 rings (SSSR count). The molecule has 0 aliphatic heterocycles. The van der Waals surface area contributed by atoms with Crippen molar-refractivity contribution in [2.75, 3.05) is 33.4 Å². The predicted molar refractivity (Wildman–Crippen MR) is 94.8 cm³/mol. The molecule has 0 radical (unpaired) electrons. The average molecular weight is 325 g/mol. The molecule has 0 bridgehead atoms. The zero-order valence-electron chi connectivity index (χ0n) is 15.0. The Kier molecular flexibility index (Phi) is 7.15. The molecule has 134 valence electrons. The fourth-order valence-electron chi connectivity index (χ4n) is 3.98. The molecule has 3 N–H and O–H groups in total. The number of nitrogens with one attached hydrogen (secondary N) is 2. The number of rotatable bonds is 8. The third-order valence-electron chi connectivity index (χ3n) is 5.54. The van der Waals surface area contributed by atoms with Crippen molar-refractivity contribution >= 4 is 5.96 Å². The topological polar surface area (TPSA) is 65.9 Å². The number of ether oxygens (including phenoxy) is 1. The third kappa shape index (κ3) is 5.64. The molecule has 5 heteroatoms. The Morgan fingerprint density at radius 1 is 1.09 bits per heavy atom. The van der Waals surface area contributed by atoms with Gasteiger partial charge in [0.05, 0.1) is 5.60 Å². The minimum absolute atomic E-state index is 0.308. The highest BCUT2D eigenvalue weighted by Gasteiger charge is 2.34. The Balaban J connectivity index is 1.91. The van der Waals surface area contributed by atoms with Gasteiger partial charge in [-0.15, -0.1) is 0 Å². The molecule has 0 spiro atoms. The van der Waals surface area contributed by atoms with Crippen molar-refractivity contribution in [2.45, 2.75) is 70.3 Å². The molecule has 2 fully saturated rings. The van der Waals surface area contributed by atoms with Gasteiger partial charge in [-0.25, -0.2) is 0 Å². The maximum absolute atomic E-state index is 10.5. The van der Waals surface area contributed by atoms with Crippen LogP contribution >= 0.6 is 0 Å². The van der Waals surface area contributed by atoms with Crippen LogP contribution in [0.3, 0.4) is 0 Å². The monoisotopic (exact) mass is 325 g/mol. The zero-order chi connectivity index (χ0) is 16.6. The van der Waals surface area contributed by atoms with Crippen molar-refractivity contribution in [1.29, 1.82) is 0 Å². The molecule has 2 aliphatic rings. The van der Waals surface area contributed by atoms with Crippen molar-refractivity contribution in [3.05, 3.63) is 0 Å². The summed E-state index contributed by atoms with van der Waals surface area (Å²) in [5.74, 6) is 0.844. The van der Waals surface area contributed by atoms with E-state index in [-0.39, 0.29) is 0 Å². The smallest absolute Gasteiger partial charge is 0.191 e. The number of methoxy groups -OCH3 is 1. The summed E-state index contributed by atoms with van der Waals surface area (Å²) in [4.78, 5) is 4.84. The van der Waals surface area contributed by atoms with E-state index in [1.165, 1.54) is 25.7 Å². The van der Waals surface area contributed by atoms with E-state index in [1.54, 1.807) is 7.11 Å². The van der Waals surface area contributed by atoms with Gasteiger partial charge in [-0.3, -0.25) is 4.99 Å². The Hall–Kier alpha value is -0.810. The summed E-state index contributed by atoms with van der Waals surface area (Å²) in [5, 5.41) is 17.2. The average Bonchev–Trinajstić information content (AvgIpc) is 3.19. The van der Waals surface area contributed by atoms with Crippen LogP contribution in [-0.4, -0.2) is 50.0 Å². The van der Waals surface area contributed by atoms with Crippen molar-refractivity contribution in [1.82, 2.24) is 10.6 Å². The van der Waals surface area contributed by atoms with Crippen molar-refractivity contribution in [3.8, 4) is 0 Å². The lowest BCUT2D eigenvalue weighted by Gasteiger charge is -2.28. The molecule has 2 saturated carbocycles. The molecule has 0 aromatic rings. The summed E-state index contributed by atoms with van der Waals surface area (Å²) in [5.41, 5.74) is -0.236. The number of nitrogens with zero attached hydrogens (tertiary/aromatic N) is 1. The van der Waals surface area contributed by atoms with E-state index in [2.05, 4.69) is 17.6 Å². The normalized spacial score (nSPS) is 23.2. The minimum atomic E-state index is -0.544. The summed E-state index contributed by atoms with van der Waals surface area (Å²) in [6, 6.07) is 0. The SMILES string of the molecule is CCNC(=NCC1(CCOC)CCCC1)NCC1(O)CCCC1. The second-order valence-corrected chi connectivity index (χ2v) is 7.43. The summed E-state index contributed by atoms with van der Waals surface area (Å²) < 4.78 is 5.30. The first-order valence-corrected chi connectivity index (χ1v) is 9.35. The molecule has 2 aliphatic carbocycles. The number of guanidine groups is 1. The molecule has 0 saturated heterocycles. The standard InChI is InChI=1S/C18H35N3O2/c1-3-19-16(21-15-18(22)10-6-7-11-18)20-14-17(12-13-23-2)8-4-5-9-17/h22H,3-15H2,1-2H3,(H2,19,20,21). The van der Waals surface area contributed by atoms with E-state index < -0.39 is 5.60 Å². The fraction of sp³-hybridized carbons (Fsp3) is 0.944. The van der Waals surface area contributed by atoms with Crippen LogP contribution in [0.4, 0.5) is 0 Å². The predicted octanol–water partition coefficient (Wildman–Crippen LogP) is 2.44. The molecule has 0 aromatic carbocycles. The maximum atomic E-state index is 10.5.